The van der Waals surface area contributed by atoms with Gasteiger partial charge in [-0.1, -0.05) is 30.3 Å². The highest BCUT2D eigenvalue weighted by Gasteiger charge is 2.41. The lowest BCUT2D eigenvalue weighted by molar-refractivity contribution is -0.164. The monoisotopic (exact) mass is 377 g/mol. The molecule has 0 amide bonds. The van der Waals surface area contributed by atoms with Crippen LogP contribution in [0.4, 0.5) is 18.9 Å². The second-order valence-corrected chi connectivity index (χ2v) is 5.56. The number of Topliss-reactive ketones (excluding diaryl/α,β-unsaturated/α-hetero) is 1. The molecule has 27 heavy (non-hydrogen) atoms. The van der Waals surface area contributed by atoms with Crippen LogP contribution in [0, 0.1) is 0 Å². The van der Waals surface area contributed by atoms with E-state index in [1.165, 1.54) is 42.5 Å². The molecule has 0 atom stereocenters. The summed E-state index contributed by atoms with van der Waals surface area (Å²) in [7, 11) is 1.26. The fourth-order valence-corrected chi connectivity index (χ4v) is 2.45. The number of ketones is 1. The number of allylic oxidation sites excluding steroid dienone is 1. The maximum Gasteiger partial charge on any atom is 0.454 e. The van der Waals surface area contributed by atoms with E-state index in [0.717, 1.165) is 0 Å². The van der Waals surface area contributed by atoms with Gasteiger partial charge in [0.05, 0.1) is 18.2 Å². The molecule has 0 aliphatic rings. The molecule has 0 bridgehead atoms. The van der Waals surface area contributed by atoms with E-state index in [1.807, 2.05) is 0 Å². The molecule has 0 fully saturated rings. The van der Waals surface area contributed by atoms with Crippen molar-refractivity contribution in [1.82, 2.24) is 0 Å². The first-order chi connectivity index (χ1) is 12.8. The van der Waals surface area contributed by atoms with E-state index in [-0.39, 0.29) is 5.56 Å². The Bertz CT molecular complexity index is 828. The fourth-order valence-electron chi connectivity index (χ4n) is 2.45. The van der Waals surface area contributed by atoms with Gasteiger partial charge >= 0.3 is 12.1 Å². The third kappa shape index (κ3) is 4.97. The molecule has 0 heterocycles. The standard InChI is InChI=1S/C20H18F3NO3/c1-3-24(16-11-9-15(10-12-16)19(26)27-2)13-17(18(25)20(21,22)23)14-7-5-4-6-8-14/h4-13H,3H2,1-2H3/b17-13-. The molecule has 0 saturated heterocycles. The number of carbonyl (C=O) groups excluding carboxylic acids is 2. The molecule has 2 rings (SSSR count). The van der Waals surface area contributed by atoms with E-state index in [4.69, 9.17) is 0 Å². The Morgan fingerprint density at radius 3 is 2.07 bits per heavy atom. The van der Waals surface area contributed by atoms with E-state index >= 15 is 0 Å². The highest BCUT2D eigenvalue weighted by Crippen LogP contribution is 2.28. The number of esters is 1. The van der Waals surface area contributed by atoms with Gasteiger partial charge in [0, 0.05) is 18.4 Å². The number of halogens is 3. The van der Waals surface area contributed by atoms with Crippen LogP contribution in [0.5, 0.6) is 0 Å². The Morgan fingerprint density at radius 2 is 1.59 bits per heavy atom. The van der Waals surface area contributed by atoms with Crippen molar-refractivity contribution in [1.29, 1.82) is 0 Å². The summed E-state index contributed by atoms with van der Waals surface area (Å²) in [5.41, 5.74) is 0.566. The van der Waals surface area contributed by atoms with Crippen LogP contribution < -0.4 is 4.90 Å². The van der Waals surface area contributed by atoms with Crippen molar-refractivity contribution in [3.05, 3.63) is 71.9 Å². The number of rotatable bonds is 6. The first kappa shape index (κ1) is 20.2. The van der Waals surface area contributed by atoms with Gasteiger partial charge < -0.3 is 9.64 Å². The van der Waals surface area contributed by atoms with Crippen LogP contribution in [0.25, 0.3) is 5.57 Å². The minimum atomic E-state index is -4.99. The number of alkyl halides is 3. The summed E-state index contributed by atoms with van der Waals surface area (Å²) < 4.78 is 43.8. The summed E-state index contributed by atoms with van der Waals surface area (Å²) in [6, 6.07) is 13.8. The molecular formula is C20H18F3NO3. The van der Waals surface area contributed by atoms with Gasteiger partial charge in [0.1, 0.15) is 0 Å². The van der Waals surface area contributed by atoms with Crippen LogP contribution in [0.1, 0.15) is 22.8 Å². The molecule has 0 aliphatic carbocycles. The fraction of sp³-hybridized carbons (Fsp3) is 0.200. The maximum absolute atomic E-state index is 13.1. The van der Waals surface area contributed by atoms with Crippen molar-refractivity contribution in [2.45, 2.75) is 13.1 Å². The lowest BCUT2D eigenvalue weighted by Crippen LogP contribution is -2.26. The molecule has 142 valence electrons. The second-order valence-electron chi connectivity index (χ2n) is 5.56. The number of hydrogen-bond acceptors (Lipinski definition) is 4. The first-order valence-electron chi connectivity index (χ1n) is 8.11. The van der Waals surface area contributed by atoms with E-state index < -0.39 is 23.5 Å². The number of methoxy groups -OCH3 is 1. The molecular weight excluding hydrogens is 359 g/mol. The molecule has 2 aromatic carbocycles. The SMILES string of the molecule is CCN(/C=C(\C(=O)C(F)(F)F)c1ccccc1)c1ccc(C(=O)OC)cc1. The summed E-state index contributed by atoms with van der Waals surface area (Å²) in [5, 5.41) is 0. The number of anilines is 1. The zero-order valence-corrected chi connectivity index (χ0v) is 14.8. The van der Waals surface area contributed by atoms with Crippen LogP contribution >= 0.6 is 0 Å². The molecule has 0 unspecified atom stereocenters. The topological polar surface area (TPSA) is 46.6 Å². The summed E-state index contributed by atoms with van der Waals surface area (Å²) in [6.07, 6.45) is -3.81. The van der Waals surface area contributed by atoms with Crippen LogP contribution in [-0.2, 0) is 9.53 Å². The number of hydrogen-bond donors (Lipinski definition) is 0. The zero-order valence-electron chi connectivity index (χ0n) is 14.8. The van der Waals surface area contributed by atoms with Crippen LogP contribution in [0.15, 0.2) is 60.8 Å². The summed E-state index contributed by atoms with van der Waals surface area (Å²) in [6.45, 7) is 2.06. The third-order valence-corrected chi connectivity index (χ3v) is 3.83. The van der Waals surface area contributed by atoms with E-state index in [0.29, 0.717) is 17.8 Å². The lowest BCUT2D eigenvalue weighted by atomic mass is 10.0. The quantitative estimate of drug-likeness (QED) is 0.550. The molecule has 0 radical (unpaired) electrons. The average Bonchev–Trinajstić information content (AvgIpc) is 2.68. The molecule has 0 spiro atoms. The molecule has 7 heteroatoms. The minimum Gasteiger partial charge on any atom is -0.465 e. The van der Waals surface area contributed by atoms with Gasteiger partial charge in [-0.25, -0.2) is 4.79 Å². The normalized spacial score (nSPS) is 11.8. The first-order valence-corrected chi connectivity index (χ1v) is 8.11. The van der Waals surface area contributed by atoms with E-state index in [9.17, 15) is 22.8 Å². The van der Waals surface area contributed by atoms with E-state index in [2.05, 4.69) is 4.74 Å². The summed E-state index contributed by atoms with van der Waals surface area (Å²) in [4.78, 5) is 25.0. The largest absolute Gasteiger partial charge is 0.465 e. The van der Waals surface area contributed by atoms with Gasteiger partial charge in [0.15, 0.2) is 0 Å². The van der Waals surface area contributed by atoms with Gasteiger partial charge in [-0.3, -0.25) is 4.79 Å². The number of carbonyl (C=O) groups is 2. The predicted octanol–water partition coefficient (Wildman–Crippen LogP) is 4.47. The smallest absolute Gasteiger partial charge is 0.454 e. The summed E-state index contributed by atoms with van der Waals surface area (Å²) in [5.74, 6) is -2.43. The number of nitrogens with zero attached hydrogens (tertiary/aromatic N) is 1. The van der Waals surface area contributed by atoms with Crippen molar-refractivity contribution in [2.24, 2.45) is 0 Å². The summed E-state index contributed by atoms with van der Waals surface area (Å²) >= 11 is 0. The Morgan fingerprint density at radius 1 is 1.00 bits per heavy atom. The number of benzene rings is 2. The van der Waals surface area contributed by atoms with Gasteiger partial charge in [-0.05, 0) is 36.8 Å². The Hall–Kier alpha value is -3.09. The molecule has 0 aromatic heterocycles. The molecule has 0 N–H and O–H groups in total. The second kappa shape index (κ2) is 8.53. The van der Waals surface area contributed by atoms with Crippen molar-refractivity contribution < 1.29 is 27.5 Å². The van der Waals surface area contributed by atoms with Gasteiger partial charge in [-0.2, -0.15) is 13.2 Å². The van der Waals surface area contributed by atoms with Crippen molar-refractivity contribution in [3.63, 3.8) is 0 Å². The predicted molar refractivity (Wildman–Crippen MR) is 96.3 cm³/mol. The Labute approximate surface area is 154 Å². The number of ether oxygens (including phenoxy) is 1. The molecule has 4 nitrogen and oxygen atoms in total. The molecule has 0 aliphatic heterocycles. The average molecular weight is 377 g/mol. The molecule has 0 saturated carbocycles. The van der Waals surface area contributed by atoms with Crippen molar-refractivity contribution in [2.75, 3.05) is 18.6 Å². The highest BCUT2D eigenvalue weighted by atomic mass is 19.4. The molecule has 2 aromatic rings. The van der Waals surface area contributed by atoms with Gasteiger partial charge in [0.25, 0.3) is 5.78 Å². The van der Waals surface area contributed by atoms with Crippen LogP contribution in [0.3, 0.4) is 0 Å². The Kier molecular flexibility index (Phi) is 6.39. The third-order valence-electron chi connectivity index (χ3n) is 3.83. The van der Waals surface area contributed by atoms with Crippen LogP contribution in [0.2, 0.25) is 0 Å². The van der Waals surface area contributed by atoms with Gasteiger partial charge in [0.2, 0.25) is 0 Å². The van der Waals surface area contributed by atoms with Crippen molar-refractivity contribution in [3.8, 4) is 0 Å². The van der Waals surface area contributed by atoms with E-state index in [1.54, 1.807) is 37.3 Å². The van der Waals surface area contributed by atoms with Gasteiger partial charge in [-0.15, -0.1) is 0 Å². The van der Waals surface area contributed by atoms with Crippen LogP contribution in [-0.4, -0.2) is 31.6 Å². The lowest BCUT2D eigenvalue weighted by Gasteiger charge is -2.21. The highest BCUT2D eigenvalue weighted by molar-refractivity contribution is 6.23. The maximum atomic E-state index is 13.1. The minimum absolute atomic E-state index is 0.171. The zero-order chi connectivity index (χ0) is 20.0. The van der Waals surface area contributed by atoms with Crippen molar-refractivity contribution >= 4 is 23.0 Å². The Balaban J connectivity index is 2.46.